The van der Waals surface area contributed by atoms with Crippen molar-refractivity contribution in [3.63, 3.8) is 0 Å². The molecule has 4 N–H and O–H groups in total. The van der Waals surface area contributed by atoms with E-state index in [1.165, 1.54) is 89.9 Å². The minimum atomic E-state index is -3.93. The Morgan fingerprint density at radius 3 is 2.15 bits per heavy atom. The highest BCUT2D eigenvalue weighted by atomic mass is 33.1. The number of nitrogens with zero attached hydrogens (tertiary/aromatic N) is 4. The molecule has 2 rings (SSSR count). The SMILES string of the molecule is CCCCCCCCCCCCCCCCSSCCOP(=O)(O)COC(CO)Cn1cnc2c(C)nc(N)nc21. The molecule has 0 fully saturated rings. The van der Waals surface area contributed by atoms with E-state index in [4.69, 9.17) is 15.0 Å². The van der Waals surface area contributed by atoms with Gasteiger partial charge in [-0.2, -0.15) is 4.98 Å². The second-order valence-electron chi connectivity index (χ2n) is 10.5. The first kappa shape index (κ1) is 36.3. The summed E-state index contributed by atoms with van der Waals surface area (Å²) in [4.78, 5) is 22.7. The van der Waals surface area contributed by atoms with Crippen LogP contribution in [0.2, 0.25) is 0 Å². The molecule has 2 aromatic heterocycles. The van der Waals surface area contributed by atoms with Crippen molar-refractivity contribution < 1.29 is 23.8 Å². The van der Waals surface area contributed by atoms with Gasteiger partial charge in [0, 0.05) is 11.5 Å². The highest BCUT2D eigenvalue weighted by Gasteiger charge is 2.23. The van der Waals surface area contributed by atoms with Gasteiger partial charge >= 0.3 is 7.60 Å². The summed E-state index contributed by atoms with van der Waals surface area (Å²) < 4.78 is 24.8. The Bertz CT molecular complexity index is 1020. The maximum absolute atomic E-state index is 12.4. The highest BCUT2D eigenvalue weighted by molar-refractivity contribution is 8.76. The number of aryl methyl sites for hydroxylation is 1. The first-order valence-electron chi connectivity index (χ1n) is 15.2. The van der Waals surface area contributed by atoms with Crippen LogP contribution >= 0.6 is 29.2 Å². The van der Waals surface area contributed by atoms with Crippen molar-refractivity contribution in [2.24, 2.45) is 0 Å². The van der Waals surface area contributed by atoms with Crippen molar-refractivity contribution in [2.45, 2.75) is 116 Å². The average molecular weight is 634 g/mol. The first-order valence-corrected chi connectivity index (χ1v) is 19.5. The molecule has 236 valence electrons. The number of anilines is 1. The molecule has 0 radical (unpaired) electrons. The van der Waals surface area contributed by atoms with Crippen LogP contribution in [0.1, 0.15) is 103 Å². The minimum absolute atomic E-state index is 0.127. The van der Waals surface area contributed by atoms with Crippen LogP contribution in [0.25, 0.3) is 11.2 Å². The number of imidazole rings is 1. The van der Waals surface area contributed by atoms with Gasteiger partial charge in [-0.05, 0) is 13.3 Å². The van der Waals surface area contributed by atoms with E-state index >= 15 is 0 Å². The molecule has 2 aromatic rings. The van der Waals surface area contributed by atoms with Gasteiger partial charge in [0.15, 0.2) is 5.65 Å². The Kier molecular flexibility index (Phi) is 19.3. The number of nitrogens with two attached hydrogens (primary N) is 1. The molecule has 0 aliphatic carbocycles. The van der Waals surface area contributed by atoms with E-state index < -0.39 is 20.0 Å². The summed E-state index contributed by atoms with van der Waals surface area (Å²) in [6, 6.07) is 0. The van der Waals surface area contributed by atoms with Crippen LogP contribution in [0.15, 0.2) is 6.33 Å². The van der Waals surface area contributed by atoms with Crippen molar-refractivity contribution in [2.75, 3.05) is 36.8 Å². The molecule has 2 heterocycles. The largest absolute Gasteiger partial charge is 0.394 e. The number of unbranched alkanes of at least 4 members (excludes halogenated alkanes) is 13. The fourth-order valence-electron chi connectivity index (χ4n) is 4.55. The monoisotopic (exact) mass is 633 g/mol. The Balaban J connectivity index is 1.44. The summed E-state index contributed by atoms with van der Waals surface area (Å²) in [6.45, 7) is 4.07. The zero-order chi connectivity index (χ0) is 29.8. The van der Waals surface area contributed by atoms with Gasteiger partial charge in [-0.25, -0.2) is 9.97 Å². The average Bonchev–Trinajstić information content (AvgIpc) is 3.34. The Morgan fingerprint density at radius 1 is 0.951 bits per heavy atom. The minimum Gasteiger partial charge on any atom is -0.394 e. The number of nitrogen functional groups attached to an aromatic ring is 1. The second-order valence-corrected chi connectivity index (χ2v) is 15.0. The summed E-state index contributed by atoms with van der Waals surface area (Å²) in [6.07, 6.45) is 19.4. The van der Waals surface area contributed by atoms with Crippen molar-refractivity contribution in [3.05, 3.63) is 12.0 Å². The van der Waals surface area contributed by atoms with E-state index in [0.29, 0.717) is 22.6 Å². The number of aliphatic hydroxyl groups excluding tert-OH is 1. The number of aliphatic hydroxyl groups is 1. The maximum atomic E-state index is 12.4. The first-order chi connectivity index (χ1) is 19.9. The molecule has 0 bridgehead atoms. The van der Waals surface area contributed by atoms with Crippen molar-refractivity contribution in [1.82, 2.24) is 19.5 Å². The quantitative estimate of drug-likeness (QED) is 0.0553. The van der Waals surface area contributed by atoms with Crippen molar-refractivity contribution in [3.8, 4) is 0 Å². The molecule has 10 nitrogen and oxygen atoms in total. The predicted molar refractivity (Wildman–Crippen MR) is 172 cm³/mol. The van der Waals surface area contributed by atoms with Gasteiger partial charge in [-0.1, -0.05) is 112 Å². The number of hydrogen-bond acceptors (Lipinski definition) is 10. The van der Waals surface area contributed by atoms with E-state index in [1.807, 2.05) is 0 Å². The van der Waals surface area contributed by atoms with Crippen LogP contribution in [-0.2, 0) is 20.4 Å². The lowest BCUT2D eigenvalue weighted by Crippen LogP contribution is -2.25. The predicted octanol–water partition coefficient (Wildman–Crippen LogP) is 7.12. The van der Waals surface area contributed by atoms with Gasteiger partial charge in [0.25, 0.3) is 0 Å². The third-order valence-corrected chi connectivity index (χ3v) is 10.4. The third kappa shape index (κ3) is 16.0. The van der Waals surface area contributed by atoms with E-state index in [0.717, 1.165) is 5.75 Å². The van der Waals surface area contributed by atoms with Gasteiger partial charge in [0.2, 0.25) is 5.95 Å². The van der Waals surface area contributed by atoms with E-state index in [9.17, 15) is 14.6 Å². The third-order valence-electron chi connectivity index (χ3n) is 6.86. The van der Waals surface area contributed by atoms with E-state index in [2.05, 4.69) is 21.9 Å². The van der Waals surface area contributed by atoms with Gasteiger partial charge < -0.3 is 29.6 Å². The maximum Gasteiger partial charge on any atom is 0.353 e. The summed E-state index contributed by atoms with van der Waals surface area (Å²) in [7, 11) is -0.484. The standard InChI is InChI=1S/C28H52N5O5PS2/c1-3-4-5-6-7-8-9-10-11-12-13-14-15-16-18-40-41-19-17-38-39(35,36)23-37-25(21-34)20-33-22-30-26-24(2)31-28(29)32-27(26)33/h22,25,34H,3-21,23H2,1-2H3,(H,35,36)(H2,29,31,32). The number of hydrogen-bond donors (Lipinski definition) is 3. The van der Waals surface area contributed by atoms with Crippen LogP contribution in [0.3, 0.4) is 0 Å². The van der Waals surface area contributed by atoms with E-state index in [-0.39, 0.29) is 25.7 Å². The summed E-state index contributed by atoms with van der Waals surface area (Å²) in [5.74, 6) is 1.83. The summed E-state index contributed by atoms with van der Waals surface area (Å²) in [5, 5.41) is 9.71. The zero-order valence-electron chi connectivity index (χ0n) is 25.0. The Hall–Kier alpha value is -0.880. The van der Waals surface area contributed by atoms with Crippen LogP contribution in [0.5, 0.6) is 0 Å². The van der Waals surface area contributed by atoms with Gasteiger partial charge in [0.05, 0.1) is 37.9 Å². The molecule has 13 heteroatoms. The number of fused-ring (bicyclic) bond motifs is 1. The molecule has 0 spiro atoms. The summed E-state index contributed by atoms with van der Waals surface area (Å²) in [5.41, 5.74) is 7.51. The van der Waals surface area contributed by atoms with Crippen LogP contribution in [0.4, 0.5) is 5.95 Å². The van der Waals surface area contributed by atoms with Gasteiger partial charge in [0.1, 0.15) is 11.9 Å². The van der Waals surface area contributed by atoms with Crippen molar-refractivity contribution in [1.29, 1.82) is 0 Å². The molecule has 0 saturated carbocycles. The molecule has 0 aliphatic rings. The van der Waals surface area contributed by atoms with Crippen LogP contribution in [0, 0.1) is 6.92 Å². The Morgan fingerprint density at radius 2 is 1.54 bits per heavy atom. The molecule has 0 saturated heterocycles. The molecule has 2 unspecified atom stereocenters. The van der Waals surface area contributed by atoms with Crippen LogP contribution < -0.4 is 5.73 Å². The molecular weight excluding hydrogens is 581 g/mol. The van der Waals surface area contributed by atoms with Gasteiger partial charge in [-0.3, -0.25) is 4.57 Å². The lowest BCUT2D eigenvalue weighted by Gasteiger charge is -2.19. The molecule has 0 aliphatic heterocycles. The number of ether oxygens (including phenoxy) is 1. The van der Waals surface area contributed by atoms with Gasteiger partial charge in [-0.15, -0.1) is 0 Å². The second kappa shape index (κ2) is 21.8. The van der Waals surface area contributed by atoms with E-state index in [1.54, 1.807) is 39.4 Å². The molecule has 41 heavy (non-hydrogen) atoms. The highest BCUT2D eigenvalue weighted by Crippen LogP contribution is 2.42. The van der Waals surface area contributed by atoms with Crippen molar-refractivity contribution >= 4 is 46.3 Å². The normalized spacial score (nSPS) is 14.0. The smallest absolute Gasteiger partial charge is 0.353 e. The molecule has 0 amide bonds. The van der Waals surface area contributed by atoms with Crippen LogP contribution in [-0.4, -0.2) is 66.7 Å². The summed E-state index contributed by atoms with van der Waals surface area (Å²) >= 11 is 0. The Labute approximate surface area is 254 Å². The molecular formula is C28H52N5O5PS2. The molecule has 0 aromatic carbocycles. The molecule has 2 atom stereocenters. The lowest BCUT2D eigenvalue weighted by atomic mass is 10.0. The lowest BCUT2D eigenvalue weighted by molar-refractivity contribution is 0.0184. The zero-order valence-corrected chi connectivity index (χ0v) is 27.6. The fourth-order valence-corrected chi connectivity index (χ4v) is 7.49. The fraction of sp³-hybridized carbons (Fsp3) is 0.821. The number of aromatic nitrogens is 4. The number of rotatable bonds is 26. The topological polar surface area (TPSA) is 146 Å².